The van der Waals surface area contributed by atoms with Crippen molar-refractivity contribution in [2.45, 2.75) is 57.7 Å². The van der Waals surface area contributed by atoms with Gasteiger partial charge in [-0.3, -0.25) is 33.8 Å². The molecule has 5 fully saturated rings. The number of urea groups is 1. The largest absolute Gasteiger partial charge is 0.539 e. The van der Waals surface area contributed by atoms with Crippen LogP contribution in [0, 0.1) is 5.41 Å². The highest BCUT2D eigenvalue weighted by Crippen LogP contribution is 2.46. The van der Waals surface area contributed by atoms with E-state index in [0.717, 1.165) is 45.9 Å². The number of benzene rings is 4. The zero-order chi connectivity index (χ0) is 53.7. The number of piperazine rings is 1. The van der Waals surface area contributed by atoms with Crippen LogP contribution in [0.3, 0.4) is 0 Å². The molecule has 3 N–H and O–H groups in total. The van der Waals surface area contributed by atoms with Gasteiger partial charge < -0.3 is 53.7 Å². The Hall–Kier alpha value is -7.62. The van der Waals surface area contributed by atoms with E-state index in [1.807, 2.05) is 48.5 Å². The number of hydrogen-bond acceptors (Lipinski definition) is 13. The molecule has 6 heterocycles. The van der Waals surface area contributed by atoms with Crippen molar-refractivity contribution in [2.75, 3.05) is 73.2 Å². The lowest BCUT2D eigenvalue weighted by Gasteiger charge is -2.56. The Balaban J connectivity index is 0.835. The molecule has 0 aromatic heterocycles. The smallest absolute Gasteiger partial charge is 0.378 e. The molecule has 0 aliphatic carbocycles. The monoisotopic (exact) mass is 1060 g/mol. The molecule has 0 unspecified atom stereocenters. The van der Waals surface area contributed by atoms with Crippen molar-refractivity contribution in [2.24, 2.45) is 5.41 Å². The number of quaternary nitrogens is 1. The maximum Gasteiger partial charge on any atom is 0.378 e. The third-order valence-corrected chi connectivity index (χ3v) is 15.5. The zero-order valence-corrected chi connectivity index (χ0v) is 43.1. The number of likely N-dealkylation sites (N-methyl/N-ethyl adjacent to an activating group) is 1. The minimum Gasteiger partial charge on any atom is -0.539 e. The predicted octanol–water partition coefficient (Wildman–Crippen LogP) is 3.95. The van der Waals surface area contributed by atoms with Gasteiger partial charge in [0.05, 0.1) is 51.0 Å². The number of rotatable bonds is 19. The molecule has 6 aliphatic heterocycles. The van der Waals surface area contributed by atoms with Crippen LogP contribution < -0.4 is 34.9 Å². The Morgan fingerprint density at radius 1 is 0.829 bits per heavy atom. The van der Waals surface area contributed by atoms with Gasteiger partial charge in [-0.05, 0) is 60.0 Å². The first-order chi connectivity index (χ1) is 36.7. The van der Waals surface area contributed by atoms with E-state index in [0.29, 0.717) is 66.4 Å². The number of ether oxygens (including phenoxy) is 5. The van der Waals surface area contributed by atoms with Crippen LogP contribution >= 0.6 is 11.6 Å². The minimum atomic E-state index is -1.38. The number of piperidine rings is 3. The van der Waals surface area contributed by atoms with Gasteiger partial charge in [0, 0.05) is 56.4 Å². The van der Waals surface area contributed by atoms with E-state index >= 15 is 0 Å². The van der Waals surface area contributed by atoms with Gasteiger partial charge in [-0.2, -0.15) is 0 Å². The second-order valence-corrected chi connectivity index (χ2v) is 19.9. The maximum atomic E-state index is 14.0. The molecule has 22 heteroatoms. The molecule has 2 radical (unpaired) electrons. The fraction of sp³-hybridized carbons (Fsp3) is 0.389. The molecule has 10 rings (SSSR count). The fourth-order valence-corrected chi connectivity index (χ4v) is 10.8. The van der Waals surface area contributed by atoms with Crippen molar-refractivity contribution in [3.63, 3.8) is 0 Å². The number of halogens is 1. The number of β-lactam (4-membered cyclic amide) rings is 1. The summed E-state index contributed by atoms with van der Waals surface area (Å²) in [6.45, 7) is 5.26. The van der Waals surface area contributed by atoms with Gasteiger partial charge in [-0.15, -0.1) is 0 Å². The van der Waals surface area contributed by atoms with Crippen LogP contribution in [0.15, 0.2) is 102 Å². The molecule has 7 amide bonds. The fourth-order valence-electron chi connectivity index (χ4n) is 10.5. The van der Waals surface area contributed by atoms with Crippen molar-refractivity contribution in [3.8, 4) is 23.0 Å². The van der Waals surface area contributed by atoms with Gasteiger partial charge in [-0.25, -0.2) is 9.59 Å². The normalized spacial score (nSPS) is 22.2. The first kappa shape index (κ1) is 53.2. The summed E-state index contributed by atoms with van der Waals surface area (Å²) in [5.41, 5.74) is 2.57. The molecule has 20 nitrogen and oxygen atoms in total. The van der Waals surface area contributed by atoms with Gasteiger partial charge in [0.2, 0.25) is 5.91 Å². The minimum absolute atomic E-state index is 0.0555. The molecule has 4 aromatic carbocycles. The Morgan fingerprint density at radius 2 is 1.46 bits per heavy atom. The predicted molar refractivity (Wildman–Crippen MR) is 274 cm³/mol. The van der Waals surface area contributed by atoms with Crippen molar-refractivity contribution in [3.05, 3.63) is 130 Å². The molecule has 6 aliphatic rings. The number of hydrogen-bond donors (Lipinski definition) is 3. The highest BCUT2D eigenvalue weighted by molar-refractivity contribution is 6.38. The molecule has 396 valence electrons. The Morgan fingerprint density at radius 3 is 2.07 bits per heavy atom. The maximum absolute atomic E-state index is 14.0. The molecular formula is C54H58BClN7O13+. The number of fused-ring (bicyclic) bond motifs is 4. The van der Waals surface area contributed by atoms with Crippen LogP contribution in [0.4, 0.5) is 4.79 Å². The van der Waals surface area contributed by atoms with Gasteiger partial charge in [0.15, 0.2) is 23.8 Å². The third kappa shape index (κ3) is 10.9. The number of nitrogens with zero attached hydrogens (tertiary/aromatic N) is 4. The summed E-state index contributed by atoms with van der Waals surface area (Å²) in [4.78, 5) is 97.4. The van der Waals surface area contributed by atoms with Gasteiger partial charge in [0.25, 0.3) is 11.8 Å². The molecule has 0 saturated carbocycles. The Kier molecular flexibility index (Phi) is 15.9. The van der Waals surface area contributed by atoms with Gasteiger partial charge in [0.1, 0.15) is 43.0 Å². The van der Waals surface area contributed by atoms with Crippen LogP contribution in [0.5, 0.6) is 23.0 Å². The standard InChI is InChI=1S/C54H57BClN7O13/c1-4-60-23-24-61(50(68)49(60)67)53(70)59-42(35-8-6-5-7-9-35)47(65)58-43-48(66)62-44(52(69)76-55)36(31-75-51(43)62)28-63-25-20-54(21-26-63,22-27-63)32-57-46(64)39-18-19-40(73-29-33-10-14-37(71-2)15-11-33)45(41(39)56)74-30-34-12-16-38(72-3)17-13-34/h5-19,42-43,51H,4,20-32H2,1-3H3,(H2-,57,58,59,64,65,70)/p+1/t42-,43-,51-,54?,63?/m1/s1. The number of methoxy groups -OCH3 is 2. The number of carbonyl (C=O) groups is 7. The Labute approximate surface area is 445 Å². The summed E-state index contributed by atoms with van der Waals surface area (Å²) < 4.78 is 34.6. The summed E-state index contributed by atoms with van der Waals surface area (Å²) >= 11 is 7.01. The summed E-state index contributed by atoms with van der Waals surface area (Å²) in [6, 6.07) is 22.8. The first-order valence-corrected chi connectivity index (χ1v) is 25.4. The van der Waals surface area contributed by atoms with E-state index in [4.69, 9.17) is 48.0 Å². The first-order valence-electron chi connectivity index (χ1n) is 25.0. The molecule has 3 atom stereocenters. The van der Waals surface area contributed by atoms with E-state index in [1.165, 1.54) is 4.90 Å². The second-order valence-electron chi connectivity index (χ2n) is 19.5. The number of imide groups is 1. The summed E-state index contributed by atoms with van der Waals surface area (Å²) in [6.07, 6.45) is 1.18. The van der Waals surface area contributed by atoms with Crippen molar-refractivity contribution < 1.29 is 66.4 Å². The van der Waals surface area contributed by atoms with Crippen LogP contribution in [-0.4, -0.2) is 154 Å². The Bertz CT molecular complexity index is 2900. The lowest BCUT2D eigenvalue weighted by molar-refractivity contribution is -0.941. The molecule has 76 heavy (non-hydrogen) atoms. The van der Waals surface area contributed by atoms with E-state index in [-0.39, 0.29) is 66.3 Å². The van der Waals surface area contributed by atoms with Crippen molar-refractivity contribution >= 4 is 61.2 Å². The number of carbonyl (C=O) groups excluding carboxylic acids is 7. The lowest BCUT2D eigenvalue weighted by atomic mass is 9.70. The van der Waals surface area contributed by atoms with Crippen molar-refractivity contribution in [1.82, 2.24) is 30.7 Å². The van der Waals surface area contributed by atoms with E-state index in [9.17, 15) is 33.6 Å². The zero-order valence-electron chi connectivity index (χ0n) is 42.3. The number of amides is 7. The summed E-state index contributed by atoms with van der Waals surface area (Å²) in [5, 5.41) is 8.49. The summed E-state index contributed by atoms with van der Waals surface area (Å²) in [7, 11) is 8.64. The summed E-state index contributed by atoms with van der Waals surface area (Å²) in [5.74, 6) is -2.60. The van der Waals surface area contributed by atoms with Crippen LogP contribution in [0.1, 0.15) is 59.3 Å². The third-order valence-electron chi connectivity index (χ3n) is 15.1. The quantitative estimate of drug-likeness (QED) is 0.0525. The van der Waals surface area contributed by atoms with E-state index in [2.05, 4.69) is 16.0 Å². The average Bonchev–Trinajstić information content (AvgIpc) is 3.49. The van der Waals surface area contributed by atoms with Crippen molar-refractivity contribution in [1.29, 1.82) is 0 Å². The average molecular weight is 1060 g/mol. The van der Waals surface area contributed by atoms with E-state index in [1.54, 1.807) is 63.6 Å². The van der Waals surface area contributed by atoms with Gasteiger partial charge >= 0.3 is 31.9 Å². The molecule has 5 saturated heterocycles. The molecular weight excluding hydrogens is 1000 g/mol. The highest BCUT2D eigenvalue weighted by atomic mass is 35.5. The molecule has 2 bridgehead atoms. The van der Waals surface area contributed by atoms with Crippen LogP contribution in [-0.2, 0) is 46.6 Å². The number of nitrogens with one attached hydrogen (secondary N) is 3. The highest BCUT2D eigenvalue weighted by Gasteiger charge is 2.57. The second kappa shape index (κ2) is 22.7. The topological polar surface area (TPSA) is 221 Å². The van der Waals surface area contributed by atoms with Crippen LogP contribution in [0.25, 0.3) is 0 Å². The molecule has 0 spiro atoms. The SMILES string of the molecule is [B]OC(=O)C1=C(C[N+]23CCC(CNC(=O)c4ccc(OCc5ccc(OC)cc5)c(OCc5ccc(OC)cc5)c4Cl)(CC2)CC3)CO[C@@H]2[C@H](NC(=O)[C@H](NC(=O)N3CCN(CC)C(=O)C3=O)c3ccccc3)C(=O)N12. The van der Waals surface area contributed by atoms with E-state index < -0.39 is 53.9 Å². The van der Waals surface area contributed by atoms with Crippen LogP contribution in [0.2, 0.25) is 5.02 Å². The van der Waals surface area contributed by atoms with Gasteiger partial charge in [-0.1, -0.05) is 66.2 Å². The lowest BCUT2D eigenvalue weighted by Crippen LogP contribution is -2.74. The molecule has 4 aromatic rings.